The summed E-state index contributed by atoms with van der Waals surface area (Å²) in [6, 6.07) is 6.71. The number of hydrogen-bond acceptors (Lipinski definition) is 5. The fourth-order valence-corrected chi connectivity index (χ4v) is 2.93. The number of hydrogen-bond donors (Lipinski definition) is 2. The number of aryl methyl sites for hydroxylation is 1. The van der Waals surface area contributed by atoms with Crippen LogP contribution in [0.2, 0.25) is 0 Å². The minimum absolute atomic E-state index is 0.208. The van der Waals surface area contributed by atoms with Crippen LogP contribution in [0.5, 0.6) is 11.5 Å². The van der Waals surface area contributed by atoms with Gasteiger partial charge in [0, 0.05) is 43.3 Å². The molecule has 174 valence electrons. The van der Waals surface area contributed by atoms with Gasteiger partial charge in [0.25, 0.3) is 0 Å². The zero-order chi connectivity index (χ0) is 24.3. The van der Waals surface area contributed by atoms with Gasteiger partial charge in [-0.05, 0) is 24.3 Å². The van der Waals surface area contributed by atoms with Crippen molar-refractivity contribution in [3.05, 3.63) is 78.8 Å². The molecule has 0 aliphatic heterocycles. The number of alkyl halides is 3. The first kappa shape index (κ1) is 22.7. The van der Waals surface area contributed by atoms with Gasteiger partial charge in [-0.1, -0.05) is 0 Å². The summed E-state index contributed by atoms with van der Waals surface area (Å²) >= 11 is 0. The van der Waals surface area contributed by atoms with Gasteiger partial charge < -0.3 is 15.4 Å². The number of rotatable bonds is 5. The van der Waals surface area contributed by atoms with Gasteiger partial charge in [0.15, 0.2) is 0 Å². The zero-order valence-corrected chi connectivity index (χ0v) is 17.5. The molecule has 0 radical (unpaired) electrons. The van der Waals surface area contributed by atoms with Crippen molar-refractivity contribution in [1.82, 2.24) is 19.7 Å². The molecular formula is C22H16F4N6O2. The number of carbonyl (C=O) groups excluding carboxylic acids is 1. The topological polar surface area (TPSA) is 94.0 Å². The molecule has 0 atom stereocenters. The van der Waals surface area contributed by atoms with Crippen molar-refractivity contribution in [2.45, 2.75) is 6.18 Å². The third-order valence-corrected chi connectivity index (χ3v) is 4.48. The molecule has 0 unspecified atom stereocenters. The van der Waals surface area contributed by atoms with Crippen LogP contribution in [0, 0.1) is 5.82 Å². The maximum absolute atomic E-state index is 14.2. The molecule has 0 aliphatic carbocycles. The van der Waals surface area contributed by atoms with E-state index in [0.29, 0.717) is 23.7 Å². The average molecular weight is 472 g/mol. The second kappa shape index (κ2) is 9.17. The molecule has 8 nitrogen and oxygen atoms in total. The lowest BCUT2D eigenvalue weighted by atomic mass is 10.2. The number of pyridine rings is 2. The highest BCUT2D eigenvalue weighted by atomic mass is 19.4. The minimum Gasteiger partial charge on any atom is -0.457 e. The van der Waals surface area contributed by atoms with Gasteiger partial charge in [0.05, 0.1) is 35.0 Å². The number of aromatic nitrogens is 4. The maximum atomic E-state index is 14.2. The first-order valence-corrected chi connectivity index (χ1v) is 9.70. The molecule has 2 N–H and O–H groups in total. The van der Waals surface area contributed by atoms with E-state index >= 15 is 0 Å². The van der Waals surface area contributed by atoms with Crippen molar-refractivity contribution in [2.75, 3.05) is 10.6 Å². The molecular weight excluding hydrogens is 456 g/mol. The van der Waals surface area contributed by atoms with Gasteiger partial charge in [-0.3, -0.25) is 14.6 Å². The van der Waals surface area contributed by atoms with E-state index in [-0.39, 0.29) is 17.1 Å². The first-order chi connectivity index (χ1) is 16.2. The number of benzene rings is 1. The summed E-state index contributed by atoms with van der Waals surface area (Å²) < 4.78 is 60.1. The van der Waals surface area contributed by atoms with Crippen LogP contribution in [-0.2, 0) is 13.2 Å². The van der Waals surface area contributed by atoms with Crippen molar-refractivity contribution in [3.63, 3.8) is 0 Å². The standard InChI is InChI=1S/C22H16F4N6O2/c1-32-12-13(9-29-32)19-7-17(4-5-28-19)34-16-2-3-18(23)20(8-16)31-21(33)30-15-6-14(10-27-11-15)22(24,25)26/h2-12H,1H3,(H2,30,31,33). The van der Waals surface area contributed by atoms with Gasteiger partial charge in [-0.2, -0.15) is 18.3 Å². The van der Waals surface area contributed by atoms with E-state index in [1.165, 1.54) is 18.3 Å². The summed E-state index contributed by atoms with van der Waals surface area (Å²) in [7, 11) is 1.77. The van der Waals surface area contributed by atoms with Crippen LogP contribution < -0.4 is 15.4 Å². The lowest BCUT2D eigenvalue weighted by Gasteiger charge is -2.12. The van der Waals surface area contributed by atoms with Crippen LogP contribution >= 0.6 is 0 Å². The van der Waals surface area contributed by atoms with E-state index in [9.17, 15) is 22.4 Å². The van der Waals surface area contributed by atoms with Gasteiger partial charge >= 0.3 is 12.2 Å². The van der Waals surface area contributed by atoms with Crippen LogP contribution in [0.15, 0.2) is 67.4 Å². The number of halogens is 4. The number of nitrogens with zero attached hydrogens (tertiary/aromatic N) is 4. The molecule has 0 saturated heterocycles. The van der Waals surface area contributed by atoms with E-state index in [4.69, 9.17) is 4.74 Å². The molecule has 4 rings (SSSR count). The monoisotopic (exact) mass is 472 g/mol. The SMILES string of the molecule is Cn1cc(-c2cc(Oc3ccc(F)c(NC(=O)Nc4cncc(C(F)(F)F)c4)c3)ccn2)cn1. The second-order valence-electron chi connectivity index (χ2n) is 7.06. The maximum Gasteiger partial charge on any atom is 0.417 e. The van der Waals surface area contributed by atoms with Crippen LogP contribution in [0.25, 0.3) is 11.3 Å². The Balaban J connectivity index is 1.47. The predicted octanol–water partition coefficient (Wildman–Crippen LogP) is 5.47. The molecule has 3 aromatic heterocycles. The molecule has 0 aliphatic rings. The Morgan fingerprint density at radius 1 is 1.03 bits per heavy atom. The molecule has 12 heteroatoms. The van der Waals surface area contributed by atoms with Crippen LogP contribution in [0.3, 0.4) is 0 Å². The summed E-state index contributed by atoms with van der Waals surface area (Å²) in [5, 5.41) is 8.53. The number of urea groups is 1. The fourth-order valence-electron chi connectivity index (χ4n) is 2.93. The number of nitrogens with one attached hydrogen (secondary N) is 2. The smallest absolute Gasteiger partial charge is 0.417 e. The summed E-state index contributed by atoms with van der Waals surface area (Å²) in [4.78, 5) is 19.9. The summed E-state index contributed by atoms with van der Waals surface area (Å²) in [5.74, 6) is -0.151. The second-order valence-corrected chi connectivity index (χ2v) is 7.06. The van der Waals surface area contributed by atoms with Crippen molar-refractivity contribution in [2.24, 2.45) is 7.05 Å². The van der Waals surface area contributed by atoms with E-state index in [1.54, 1.807) is 36.3 Å². The first-order valence-electron chi connectivity index (χ1n) is 9.70. The molecule has 0 bridgehead atoms. The molecule has 1 aromatic carbocycles. The highest BCUT2D eigenvalue weighted by molar-refractivity contribution is 5.99. The van der Waals surface area contributed by atoms with Gasteiger partial charge in [-0.25, -0.2) is 9.18 Å². The van der Waals surface area contributed by atoms with Crippen LogP contribution in [0.4, 0.5) is 33.7 Å². The molecule has 2 amide bonds. The molecule has 0 fully saturated rings. The Kier molecular flexibility index (Phi) is 6.13. The van der Waals surface area contributed by atoms with Crippen molar-refractivity contribution < 1.29 is 27.1 Å². The number of anilines is 2. The third-order valence-electron chi connectivity index (χ3n) is 4.48. The molecule has 34 heavy (non-hydrogen) atoms. The quantitative estimate of drug-likeness (QED) is 0.376. The Bertz CT molecular complexity index is 1340. The molecule has 3 heterocycles. The van der Waals surface area contributed by atoms with Crippen molar-refractivity contribution >= 4 is 17.4 Å². The van der Waals surface area contributed by atoms with Gasteiger partial charge in [-0.15, -0.1) is 0 Å². The van der Waals surface area contributed by atoms with Gasteiger partial charge in [0.1, 0.15) is 17.3 Å². The highest BCUT2D eigenvalue weighted by Crippen LogP contribution is 2.31. The Morgan fingerprint density at radius 2 is 1.82 bits per heavy atom. The molecule has 0 spiro atoms. The predicted molar refractivity (Wildman–Crippen MR) is 115 cm³/mol. The summed E-state index contributed by atoms with van der Waals surface area (Å²) in [6.07, 6.45) is 2.01. The van der Waals surface area contributed by atoms with E-state index in [0.717, 1.165) is 17.8 Å². The largest absolute Gasteiger partial charge is 0.457 e. The number of amides is 2. The lowest BCUT2D eigenvalue weighted by Crippen LogP contribution is -2.20. The number of carbonyl (C=O) groups is 1. The van der Waals surface area contributed by atoms with Crippen LogP contribution in [0.1, 0.15) is 5.56 Å². The Labute approximate surface area is 190 Å². The van der Waals surface area contributed by atoms with Crippen LogP contribution in [-0.4, -0.2) is 25.8 Å². The minimum atomic E-state index is -4.62. The fraction of sp³-hybridized carbons (Fsp3) is 0.0909. The molecule has 4 aromatic rings. The van der Waals surface area contributed by atoms with Crippen molar-refractivity contribution in [1.29, 1.82) is 0 Å². The van der Waals surface area contributed by atoms with Gasteiger partial charge in [0.2, 0.25) is 0 Å². The number of ether oxygens (including phenoxy) is 1. The van der Waals surface area contributed by atoms with Crippen molar-refractivity contribution in [3.8, 4) is 22.8 Å². The van der Waals surface area contributed by atoms with E-state index < -0.39 is 23.6 Å². The lowest BCUT2D eigenvalue weighted by molar-refractivity contribution is -0.137. The Morgan fingerprint density at radius 3 is 2.56 bits per heavy atom. The van der Waals surface area contributed by atoms with E-state index in [2.05, 4.69) is 25.7 Å². The Hall–Kier alpha value is -4.48. The molecule has 0 saturated carbocycles. The normalized spacial score (nSPS) is 11.2. The summed E-state index contributed by atoms with van der Waals surface area (Å²) in [5.41, 5.74) is -0.0958. The average Bonchev–Trinajstić information content (AvgIpc) is 3.22. The zero-order valence-electron chi connectivity index (χ0n) is 17.5. The highest BCUT2D eigenvalue weighted by Gasteiger charge is 2.31. The third kappa shape index (κ3) is 5.46. The van der Waals surface area contributed by atoms with E-state index in [1.807, 2.05) is 0 Å². The summed E-state index contributed by atoms with van der Waals surface area (Å²) in [6.45, 7) is 0.